The molecule has 1 unspecified atom stereocenters. The molecule has 1 radical (unpaired) electrons. The van der Waals surface area contributed by atoms with Crippen LogP contribution in [0, 0.1) is 6.92 Å². The van der Waals surface area contributed by atoms with Gasteiger partial charge in [-0.15, -0.1) is 0 Å². The molecule has 1 aromatic carbocycles. The van der Waals surface area contributed by atoms with E-state index in [1.165, 1.54) is 13.1 Å². The Morgan fingerprint density at radius 1 is 1.37 bits per heavy atom. The van der Waals surface area contributed by atoms with E-state index < -0.39 is 11.1 Å². The van der Waals surface area contributed by atoms with Gasteiger partial charge in [0.2, 0.25) is 0 Å². The van der Waals surface area contributed by atoms with Crippen molar-refractivity contribution in [1.82, 2.24) is 5.32 Å². The van der Waals surface area contributed by atoms with Crippen LogP contribution in [0.2, 0.25) is 0 Å². The van der Waals surface area contributed by atoms with Crippen molar-refractivity contribution in [2.45, 2.75) is 20.8 Å². The Hall–Kier alpha value is -0.296. The molecule has 0 spiro atoms. The number of amides is 1. The van der Waals surface area contributed by atoms with Crippen LogP contribution in [0.1, 0.15) is 29.8 Å². The first kappa shape index (κ1) is 23.8. The van der Waals surface area contributed by atoms with Crippen LogP contribution in [-0.2, 0) is 43.8 Å². The Labute approximate surface area is 142 Å². The molecule has 0 aromatic heterocycles. The molecule has 0 aliphatic heterocycles. The summed E-state index contributed by atoms with van der Waals surface area (Å²) in [5, 5.41) is 11.7. The van der Waals surface area contributed by atoms with Crippen molar-refractivity contribution in [2.24, 2.45) is 0 Å². The van der Waals surface area contributed by atoms with Gasteiger partial charge in [-0.1, -0.05) is 36.6 Å². The van der Waals surface area contributed by atoms with E-state index in [-0.39, 0.29) is 44.4 Å². The molecular weight excluding hydrogens is 343 g/mol. The van der Waals surface area contributed by atoms with Crippen molar-refractivity contribution in [1.29, 1.82) is 0 Å². The zero-order chi connectivity index (χ0) is 14.7. The number of aryl methyl sites for hydroxylation is 1. The molecule has 1 rings (SSSR count). The summed E-state index contributed by atoms with van der Waals surface area (Å²) in [4.78, 5) is 11.1. The fraction of sp³-hybridized carbons (Fsp3) is 0.417. The summed E-state index contributed by atoms with van der Waals surface area (Å²) in [5.41, 5.74) is 1.27. The van der Waals surface area contributed by atoms with Crippen LogP contribution in [0.15, 0.2) is 18.2 Å². The molecule has 0 fully saturated rings. The molecule has 0 heterocycles. The maximum atomic E-state index is 11.1. The first-order chi connectivity index (χ1) is 8.38. The number of nitrogens with one attached hydrogen (secondary N) is 1. The summed E-state index contributed by atoms with van der Waals surface area (Å²) in [6.45, 7) is 5.87. The Bertz CT molecular complexity index is 395. The minimum absolute atomic E-state index is 0. The van der Waals surface area contributed by atoms with E-state index in [0.717, 1.165) is 11.8 Å². The first-order valence-electron chi connectivity index (χ1n) is 5.41. The van der Waals surface area contributed by atoms with E-state index >= 15 is 0 Å². The third kappa shape index (κ3) is 12.5. The smallest absolute Gasteiger partial charge is 0.254 e. The molecule has 7 heteroatoms. The van der Waals surface area contributed by atoms with Crippen molar-refractivity contribution in [3.63, 3.8) is 0 Å². The van der Waals surface area contributed by atoms with E-state index in [1.807, 2.05) is 20.8 Å². The van der Waals surface area contributed by atoms with Gasteiger partial charge in [0.05, 0.1) is 5.56 Å². The first-order valence-corrected chi connectivity index (χ1v) is 6.89. The van der Waals surface area contributed by atoms with Gasteiger partial charge in [-0.25, -0.2) is 0 Å². The average molecular weight is 363 g/mol. The van der Waals surface area contributed by atoms with E-state index in [1.54, 1.807) is 12.1 Å². The van der Waals surface area contributed by atoms with Gasteiger partial charge in [-0.3, -0.25) is 9.00 Å². The zero-order valence-corrected chi connectivity index (χ0v) is 15.5. The summed E-state index contributed by atoms with van der Waals surface area (Å²) in [6, 6.07) is 4.91. The largest absolute Gasteiger partial charge is 0.773 e. The molecule has 19 heavy (non-hydrogen) atoms. The fourth-order valence-corrected chi connectivity index (χ4v) is 0.966. The number of hydrogen-bond donors (Lipinski definition) is 2. The van der Waals surface area contributed by atoms with Crippen molar-refractivity contribution < 1.29 is 51.4 Å². The van der Waals surface area contributed by atoms with Crippen molar-refractivity contribution >= 4 is 17.0 Å². The van der Waals surface area contributed by atoms with Gasteiger partial charge in [0.15, 0.2) is 0 Å². The SMILES string of the molecule is CC.CNC(=O)c1cc(C)ccc1O.CS(=O)[O-].[Y]. The van der Waals surface area contributed by atoms with Crippen LogP contribution in [0.5, 0.6) is 5.75 Å². The normalized spacial score (nSPS) is 9.58. The van der Waals surface area contributed by atoms with Gasteiger partial charge in [0, 0.05) is 39.8 Å². The van der Waals surface area contributed by atoms with E-state index in [4.69, 9.17) is 8.76 Å². The minimum Gasteiger partial charge on any atom is -0.773 e. The predicted molar refractivity (Wildman–Crippen MR) is 72.4 cm³/mol. The summed E-state index contributed by atoms with van der Waals surface area (Å²) < 4.78 is 18.0. The quantitative estimate of drug-likeness (QED) is 0.742. The fourth-order valence-electron chi connectivity index (χ4n) is 0.966. The number of phenolic OH excluding ortho intramolecular Hbond substituents is 1. The molecule has 0 saturated carbocycles. The maximum Gasteiger partial charge on any atom is 0.254 e. The summed E-state index contributed by atoms with van der Waals surface area (Å²) >= 11 is -1.86. The monoisotopic (exact) mass is 363 g/mol. The van der Waals surface area contributed by atoms with Crippen LogP contribution in [0.25, 0.3) is 0 Å². The predicted octanol–water partition coefficient (Wildman–Crippen LogP) is 1.58. The van der Waals surface area contributed by atoms with Gasteiger partial charge >= 0.3 is 0 Å². The Kier molecular flexibility index (Phi) is 17.7. The summed E-state index contributed by atoms with van der Waals surface area (Å²) in [5.74, 6) is -0.254. The molecule has 5 nitrogen and oxygen atoms in total. The average Bonchev–Trinajstić information content (AvgIpc) is 2.33. The molecule has 0 aliphatic carbocycles. The number of aromatic hydroxyl groups is 1. The molecule has 1 aromatic rings. The second-order valence-corrected chi connectivity index (χ2v) is 3.80. The Morgan fingerprint density at radius 3 is 2.16 bits per heavy atom. The Balaban J connectivity index is -0.000000316. The second-order valence-electron chi connectivity index (χ2n) is 3.00. The number of phenols is 1. The standard InChI is InChI=1S/C9H11NO2.C2H6.CH4O2S.Y/c1-6-3-4-8(11)7(5-6)9(12)10-2;1-2;1-4(2)3;/h3-5,11H,1-2H3,(H,10,12);1-2H3;1H3,(H,2,3);/p-1. The van der Waals surface area contributed by atoms with Gasteiger partial charge in [0.25, 0.3) is 5.91 Å². The Morgan fingerprint density at radius 2 is 1.79 bits per heavy atom. The third-order valence-corrected chi connectivity index (χ3v) is 1.62. The van der Waals surface area contributed by atoms with Crippen LogP contribution in [0.4, 0.5) is 0 Å². The van der Waals surface area contributed by atoms with Crippen LogP contribution >= 0.6 is 0 Å². The van der Waals surface area contributed by atoms with Crippen molar-refractivity contribution in [2.75, 3.05) is 13.3 Å². The van der Waals surface area contributed by atoms with Crippen LogP contribution in [0.3, 0.4) is 0 Å². The molecule has 107 valence electrons. The number of carbonyl (C=O) groups is 1. The van der Waals surface area contributed by atoms with Crippen LogP contribution in [-0.4, -0.2) is 33.1 Å². The minimum atomic E-state index is -1.86. The van der Waals surface area contributed by atoms with Crippen molar-refractivity contribution in [3.8, 4) is 5.75 Å². The van der Waals surface area contributed by atoms with E-state index in [2.05, 4.69) is 5.32 Å². The third-order valence-electron chi connectivity index (χ3n) is 1.62. The number of carbonyl (C=O) groups excluding carboxylic acids is 1. The van der Waals surface area contributed by atoms with Gasteiger partial charge in [0.1, 0.15) is 5.75 Å². The summed E-state index contributed by atoms with van der Waals surface area (Å²) in [7, 11) is 1.53. The molecule has 0 saturated heterocycles. The molecule has 0 aliphatic rings. The van der Waals surface area contributed by atoms with Crippen LogP contribution < -0.4 is 5.32 Å². The van der Waals surface area contributed by atoms with Gasteiger partial charge in [-0.05, 0) is 25.3 Å². The topological polar surface area (TPSA) is 89.5 Å². The maximum absolute atomic E-state index is 11.1. The van der Waals surface area contributed by atoms with E-state index in [0.29, 0.717) is 5.56 Å². The summed E-state index contributed by atoms with van der Waals surface area (Å²) in [6.07, 6.45) is 1.08. The molecule has 1 atom stereocenters. The number of benzene rings is 1. The molecule has 2 N–H and O–H groups in total. The molecule has 1 amide bonds. The number of hydrogen-bond acceptors (Lipinski definition) is 4. The van der Waals surface area contributed by atoms with Gasteiger partial charge in [-0.2, -0.15) is 0 Å². The number of rotatable bonds is 1. The van der Waals surface area contributed by atoms with E-state index in [9.17, 15) is 9.90 Å². The zero-order valence-electron chi connectivity index (χ0n) is 11.9. The molecule has 0 bridgehead atoms. The second kappa shape index (κ2) is 14.1. The van der Waals surface area contributed by atoms with Crippen molar-refractivity contribution in [3.05, 3.63) is 29.3 Å². The van der Waals surface area contributed by atoms with Gasteiger partial charge < -0.3 is 15.0 Å². The molecular formula is C12H20NO4SY-.